The van der Waals surface area contributed by atoms with Crippen LogP contribution in [-0.2, 0) is 10.0 Å². The molecule has 26 heavy (non-hydrogen) atoms. The quantitative estimate of drug-likeness (QED) is 0.771. The molecule has 0 bridgehead atoms. The molecule has 0 spiro atoms. The lowest BCUT2D eigenvalue weighted by Crippen LogP contribution is -2.38. The fourth-order valence-corrected chi connectivity index (χ4v) is 5.26. The van der Waals surface area contributed by atoms with Crippen LogP contribution in [0.5, 0.6) is 0 Å². The van der Waals surface area contributed by atoms with E-state index >= 15 is 0 Å². The molecular formula is C19H18N4O2S. The number of nitrogens with one attached hydrogen (secondary N) is 1. The molecule has 0 unspecified atom stereocenters. The van der Waals surface area contributed by atoms with E-state index in [2.05, 4.69) is 9.97 Å². The minimum atomic E-state index is -3.65. The molecule has 4 rings (SSSR count). The normalized spacial score (nSPS) is 16.6. The third-order valence-corrected chi connectivity index (χ3v) is 6.96. The first-order valence-corrected chi connectivity index (χ1v) is 9.96. The van der Waals surface area contributed by atoms with E-state index in [1.54, 1.807) is 24.4 Å². The average Bonchev–Trinajstić information content (AvgIpc) is 3.12. The molecular weight excluding hydrogens is 348 g/mol. The second-order valence-electron chi connectivity index (χ2n) is 6.43. The van der Waals surface area contributed by atoms with Crippen LogP contribution in [0.3, 0.4) is 0 Å². The molecule has 0 amide bonds. The number of fused-ring (bicyclic) bond motifs is 1. The molecule has 0 atom stereocenters. The lowest BCUT2D eigenvalue weighted by molar-refractivity contribution is 0.320. The highest BCUT2D eigenvalue weighted by molar-refractivity contribution is 7.89. The first-order valence-electron chi connectivity index (χ1n) is 8.52. The van der Waals surface area contributed by atoms with Crippen LogP contribution in [0.2, 0.25) is 0 Å². The van der Waals surface area contributed by atoms with Crippen LogP contribution in [0.15, 0.2) is 53.7 Å². The van der Waals surface area contributed by atoms with Crippen LogP contribution < -0.4 is 0 Å². The second-order valence-corrected chi connectivity index (χ2v) is 8.34. The number of sulfonamides is 1. The Morgan fingerprint density at radius 3 is 2.69 bits per heavy atom. The molecule has 1 fully saturated rings. The van der Waals surface area contributed by atoms with Crippen LogP contribution >= 0.6 is 0 Å². The molecule has 1 saturated heterocycles. The summed E-state index contributed by atoms with van der Waals surface area (Å²) in [6.07, 6.45) is 5.23. The van der Waals surface area contributed by atoms with Crippen molar-refractivity contribution in [2.24, 2.45) is 0 Å². The second kappa shape index (κ2) is 6.56. The third-order valence-electron chi connectivity index (χ3n) is 5.00. The van der Waals surface area contributed by atoms with Gasteiger partial charge in [0.2, 0.25) is 10.0 Å². The zero-order valence-electron chi connectivity index (χ0n) is 14.1. The number of hydrogen-bond donors (Lipinski definition) is 1. The fourth-order valence-electron chi connectivity index (χ4n) is 3.65. The van der Waals surface area contributed by atoms with Gasteiger partial charge in [-0.3, -0.25) is 0 Å². The third kappa shape index (κ3) is 2.77. The Morgan fingerprint density at radius 1 is 1.15 bits per heavy atom. The van der Waals surface area contributed by atoms with E-state index in [-0.39, 0.29) is 10.5 Å². The summed E-state index contributed by atoms with van der Waals surface area (Å²) in [5.74, 6) is 0.297. The summed E-state index contributed by atoms with van der Waals surface area (Å²) in [4.78, 5) is 7.60. The van der Waals surface area contributed by atoms with Crippen molar-refractivity contribution in [3.8, 4) is 6.07 Å². The average molecular weight is 366 g/mol. The number of piperidine rings is 1. The van der Waals surface area contributed by atoms with Gasteiger partial charge in [0.1, 0.15) is 11.7 Å². The van der Waals surface area contributed by atoms with Crippen molar-refractivity contribution in [1.82, 2.24) is 14.3 Å². The van der Waals surface area contributed by atoms with Crippen molar-refractivity contribution in [2.75, 3.05) is 13.1 Å². The number of aromatic amines is 1. The minimum absolute atomic E-state index is 0.0947. The van der Waals surface area contributed by atoms with Crippen molar-refractivity contribution in [3.05, 3.63) is 59.9 Å². The SMILES string of the molecule is N#Cc1ccccc1S(=O)(=O)N1CCC(c2c[nH]c3ncccc23)CC1. The van der Waals surface area contributed by atoms with Gasteiger partial charge in [0.05, 0.1) is 10.5 Å². The van der Waals surface area contributed by atoms with E-state index in [9.17, 15) is 13.7 Å². The Hall–Kier alpha value is -2.69. The van der Waals surface area contributed by atoms with Crippen molar-refractivity contribution in [2.45, 2.75) is 23.7 Å². The lowest BCUT2D eigenvalue weighted by atomic mass is 9.90. The van der Waals surface area contributed by atoms with Crippen molar-refractivity contribution < 1.29 is 8.42 Å². The molecule has 7 heteroatoms. The topological polar surface area (TPSA) is 89.9 Å². The van der Waals surface area contributed by atoms with E-state index in [4.69, 9.17) is 0 Å². The van der Waals surface area contributed by atoms with Gasteiger partial charge in [-0.2, -0.15) is 9.57 Å². The molecule has 0 aliphatic carbocycles. The van der Waals surface area contributed by atoms with Gasteiger partial charge in [-0.25, -0.2) is 13.4 Å². The number of nitriles is 1. The molecule has 3 aromatic rings. The van der Waals surface area contributed by atoms with Gasteiger partial charge in [-0.1, -0.05) is 12.1 Å². The van der Waals surface area contributed by atoms with Gasteiger partial charge >= 0.3 is 0 Å². The summed E-state index contributed by atoms with van der Waals surface area (Å²) >= 11 is 0. The van der Waals surface area contributed by atoms with E-state index in [1.165, 1.54) is 15.9 Å². The van der Waals surface area contributed by atoms with Crippen LogP contribution in [0, 0.1) is 11.3 Å². The van der Waals surface area contributed by atoms with Gasteiger partial charge in [-0.15, -0.1) is 0 Å². The molecule has 1 aliphatic rings. The summed E-state index contributed by atoms with van der Waals surface area (Å²) < 4.78 is 27.4. The maximum Gasteiger partial charge on any atom is 0.244 e. The first-order chi connectivity index (χ1) is 12.6. The predicted octanol–water partition coefficient (Wildman–Crippen LogP) is 3.00. The molecule has 0 saturated carbocycles. The summed E-state index contributed by atoms with van der Waals surface area (Å²) in [6, 6.07) is 12.3. The molecule has 3 heterocycles. The highest BCUT2D eigenvalue weighted by Crippen LogP contribution is 2.34. The molecule has 2 aromatic heterocycles. The van der Waals surface area contributed by atoms with Gasteiger partial charge in [-0.05, 0) is 48.6 Å². The van der Waals surface area contributed by atoms with Gasteiger partial charge in [0, 0.05) is 30.9 Å². The lowest BCUT2D eigenvalue weighted by Gasteiger charge is -2.31. The summed E-state index contributed by atoms with van der Waals surface area (Å²) in [5.41, 5.74) is 2.25. The molecule has 132 valence electrons. The minimum Gasteiger partial charge on any atom is -0.346 e. The number of nitrogens with zero attached hydrogens (tertiary/aromatic N) is 3. The van der Waals surface area contributed by atoms with Crippen LogP contribution in [0.1, 0.15) is 29.9 Å². The maximum atomic E-state index is 12.9. The Morgan fingerprint density at radius 2 is 1.92 bits per heavy atom. The molecule has 0 radical (unpaired) electrons. The summed E-state index contributed by atoms with van der Waals surface area (Å²) in [5, 5.41) is 10.3. The van der Waals surface area contributed by atoms with Gasteiger partial charge in [0.25, 0.3) is 0 Å². The van der Waals surface area contributed by atoms with E-state index in [1.807, 2.05) is 24.4 Å². The highest BCUT2D eigenvalue weighted by atomic mass is 32.2. The summed E-state index contributed by atoms with van der Waals surface area (Å²) in [6.45, 7) is 0.888. The maximum absolute atomic E-state index is 12.9. The largest absolute Gasteiger partial charge is 0.346 e. The Balaban J connectivity index is 1.56. The Bertz CT molecular complexity index is 1090. The number of rotatable bonds is 3. The van der Waals surface area contributed by atoms with Crippen molar-refractivity contribution in [1.29, 1.82) is 5.26 Å². The molecule has 6 nitrogen and oxygen atoms in total. The zero-order valence-corrected chi connectivity index (χ0v) is 14.9. The molecule has 1 N–H and O–H groups in total. The monoisotopic (exact) mass is 366 g/mol. The Labute approximate surface area is 152 Å². The van der Waals surface area contributed by atoms with Crippen LogP contribution in [0.4, 0.5) is 0 Å². The Kier molecular flexibility index (Phi) is 4.23. The molecule has 1 aliphatic heterocycles. The predicted molar refractivity (Wildman–Crippen MR) is 98.0 cm³/mol. The zero-order chi connectivity index (χ0) is 18.1. The highest BCUT2D eigenvalue weighted by Gasteiger charge is 2.32. The van der Waals surface area contributed by atoms with Crippen LogP contribution in [0.25, 0.3) is 11.0 Å². The number of H-pyrrole nitrogens is 1. The number of pyridine rings is 1. The number of aromatic nitrogens is 2. The van der Waals surface area contributed by atoms with E-state index in [0.29, 0.717) is 19.0 Å². The fraction of sp³-hybridized carbons (Fsp3) is 0.263. The smallest absolute Gasteiger partial charge is 0.244 e. The first kappa shape index (κ1) is 16.8. The van der Waals surface area contributed by atoms with Crippen molar-refractivity contribution in [3.63, 3.8) is 0 Å². The van der Waals surface area contributed by atoms with E-state index < -0.39 is 10.0 Å². The number of benzene rings is 1. The standard InChI is InChI=1S/C19H18N4O2S/c20-12-15-4-1-2-6-18(15)26(24,25)23-10-7-14(8-11-23)17-13-22-19-16(17)5-3-9-21-19/h1-6,9,13-14H,7-8,10-11H2,(H,21,22). The van der Waals surface area contributed by atoms with Gasteiger partial charge in [0.15, 0.2) is 0 Å². The molecule has 1 aromatic carbocycles. The van der Waals surface area contributed by atoms with E-state index in [0.717, 1.165) is 23.9 Å². The number of hydrogen-bond acceptors (Lipinski definition) is 4. The van der Waals surface area contributed by atoms with Gasteiger partial charge < -0.3 is 4.98 Å². The van der Waals surface area contributed by atoms with Crippen LogP contribution in [-0.4, -0.2) is 35.8 Å². The van der Waals surface area contributed by atoms with Crippen molar-refractivity contribution >= 4 is 21.1 Å². The summed E-state index contributed by atoms with van der Waals surface area (Å²) in [7, 11) is -3.65.